The molecule has 0 spiro atoms. The van der Waals surface area contributed by atoms with Crippen LogP contribution in [0.4, 0.5) is 0 Å². The zero-order valence-corrected chi connectivity index (χ0v) is 16.3. The van der Waals surface area contributed by atoms with E-state index in [1.807, 2.05) is 24.1 Å². The number of carbonyl (C=O) groups is 2. The number of rotatable bonds is 10. The standard InChI is InChI=1S/C20H33N3O2/c1-15(2)7-6-8-16(3)22-19(24)14-23(5)13-17-9-11-18(12-10-17)20(25)21-4/h9-12,15-16H,6-8,13-14H2,1-5H3,(H,21,25)(H,22,24)/t16-/m1/s1. The normalized spacial score (nSPS) is 12.3. The predicted molar refractivity (Wildman–Crippen MR) is 102 cm³/mol. The first kappa shape index (κ1) is 21.2. The molecule has 0 saturated heterocycles. The highest BCUT2D eigenvalue weighted by atomic mass is 16.2. The van der Waals surface area contributed by atoms with Gasteiger partial charge >= 0.3 is 0 Å². The quantitative estimate of drug-likeness (QED) is 0.684. The molecule has 0 saturated carbocycles. The van der Waals surface area contributed by atoms with E-state index in [4.69, 9.17) is 0 Å². The number of nitrogens with zero attached hydrogens (tertiary/aromatic N) is 1. The van der Waals surface area contributed by atoms with Crippen LogP contribution in [0.15, 0.2) is 24.3 Å². The minimum Gasteiger partial charge on any atom is -0.355 e. The molecule has 25 heavy (non-hydrogen) atoms. The molecule has 1 aromatic carbocycles. The zero-order chi connectivity index (χ0) is 18.8. The lowest BCUT2D eigenvalue weighted by molar-refractivity contribution is -0.122. The molecule has 2 amide bonds. The summed E-state index contributed by atoms with van der Waals surface area (Å²) < 4.78 is 0. The van der Waals surface area contributed by atoms with E-state index in [9.17, 15) is 9.59 Å². The molecule has 0 aliphatic heterocycles. The van der Waals surface area contributed by atoms with Crippen LogP contribution < -0.4 is 10.6 Å². The molecule has 1 atom stereocenters. The lowest BCUT2D eigenvalue weighted by Crippen LogP contribution is -2.39. The third kappa shape index (κ3) is 8.68. The Balaban J connectivity index is 2.36. The van der Waals surface area contributed by atoms with E-state index in [0.717, 1.165) is 18.4 Å². The lowest BCUT2D eigenvalue weighted by Gasteiger charge is -2.19. The van der Waals surface area contributed by atoms with Crippen molar-refractivity contribution in [2.75, 3.05) is 20.6 Å². The Morgan fingerprint density at radius 2 is 1.72 bits per heavy atom. The van der Waals surface area contributed by atoms with Crippen LogP contribution in [0, 0.1) is 5.92 Å². The highest BCUT2D eigenvalue weighted by molar-refractivity contribution is 5.93. The number of hydrogen-bond acceptors (Lipinski definition) is 3. The highest BCUT2D eigenvalue weighted by Gasteiger charge is 2.11. The van der Waals surface area contributed by atoms with Gasteiger partial charge < -0.3 is 10.6 Å². The van der Waals surface area contributed by atoms with Crippen molar-refractivity contribution in [1.29, 1.82) is 0 Å². The fourth-order valence-electron chi connectivity index (χ4n) is 2.74. The van der Waals surface area contributed by atoms with Gasteiger partial charge in [0.25, 0.3) is 5.91 Å². The van der Waals surface area contributed by atoms with Crippen LogP contribution in [-0.2, 0) is 11.3 Å². The fourth-order valence-corrected chi connectivity index (χ4v) is 2.74. The minimum absolute atomic E-state index is 0.0570. The van der Waals surface area contributed by atoms with Gasteiger partial charge in [0.05, 0.1) is 6.54 Å². The summed E-state index contributed by atoms with van der Waals surface area (Å²) in [5.41, 5.74) is 1.72. The number of likely N-dealkylation sites (N-methyl/N-ethyl adjacent to an activating group) is 1. The van der Waals surface area contributed by atoms with Crippen molar-refractivity contribution in [3.05, 3.63) is 35.4 Å². The fraction of sp³-hybridized carbons (Fsp3) is 0.600. The summed E-state index contributed by atoms with van der Waals surface area (Å²) in [7, 11) is 3.54. The van der Waals surface area contributed by atoms with E-state index in [2.05, 4.69) is 31.4 Å². The molecule has 140 valence electrons. The van der Waals surface area contributed by atoms with Crippen LogP contribution in [0.2, 0.25) is 0 Å². The summed E-state index contributed by atoms with van der Waals surface area (Å²) >= 11 is 0. The maximum Gasteiger partial charge on any atom is 0.251 e. The first-order valence-corrected chi connectivity index (χ1v) is 9.10. The van der Waals surface area contributed by atoms with Gasteiger partial charge in [-0.05, 0) is 44.0 Å². The molecular weight excluding hydrogens is 314 g/mol. The average Bonchev–Trinajstić information content (AvgIpc) is 2.54. The van der Waals surface area contributed by atoms with E-state index in [1.165, 1.54) is 6.42 Å². The zero-order valence-electron chi connectivity index (χ0n) is 16.3. The second-order valence-electron chi connectivity index (χ2n) is 7.24. The SMILES string of the molecule is CNC(=O)c1ccc(CN(C)CC(=O)N[C@H](C)CCCC(C)C)cc1. The molecule has 0 aliphatic rings. The van der Waals surface area contributed by atoms with E-state index in [0.29, 0.717) is 24.6 Å². The Bertz CT molecular complexity index is 540. The molecule has 2 N–H and O–H groups in total. The van der Waals surface area contributed by atoms with Gasteiger partial charge in [-0.1, -0.05) is 38.8 Å². The Morgan fingerprint density at radius 3 is 2.28 bits per heavy atom. The van der Waals surface area contributed by atoms with Gasteiger partial charge in [-0.3, -0.25) is 14.5 Å². The Labute approximate surface area is 152 Å². The number of benzene rings is 1. The van der Waals surface area contributed by atoms with Crippen molar-refractivity contribution in [3.63, 3.8) is 0 Å². The number of hydrogen-bond donors (Lipinski definition) is 2. The van der Waals surface area contributed by atoms with Gasteiger partial charge in [-0.25, -0.2) is 0 Å². The van der Waals surface area contributed by atoms with Crippen molar-refractivity contribution >= 4 is 11.8 Å². The molecule has 1 aromatic rings. The number of carbonyl (C=O) groups excluding carboxylic acids is 2. The van der Waals surface area contributed by atoms with Crippen molar-refractivity contribution in [2.24, 2.45) is 5.92 Å². The van der Waals surface area contributed by atoms with Crippen LogP contribution in [0.3, 0.4) is 0 Å². The van der Waals surface area contributed by atoms with E-state index >= 15 is 0 Å². The van der Waals surface area contributed by atoms with Crippen molar-refractivity contribution in [1.82, 2.24) is 15.5 Å². The van der Waals surface area contributed by atoms with Crippen molar-refractivity contribution in [3.8, 4) is 0 Å². The van der Waals surface area contributed by atoms with E-state index < -0.39 is 0 Å². The maximum absolute atomic E-state index is 12.1. The van der Waals surface area contributed by atoms with Gasteiger partial charge in [0.15, 0.2) is 0 Å². The van der Waals surface area contributed by atoms with E-state index in [1.54, 1.807) is 19.2 Å². The Morgan fingerprint density at radius 1 is 1.08 bits per heavy atom. The molecule has 0 fully saturated rings. The third-order valence-corrected chi connectivity index (χ3v) is 4.14. The molecule has 0 aromatic heterocycles. The van der Waals surface area contributed by atoms with Crippen LogP contribution in [-0.4, -0.2) is 43.4 Å². The molecule has 1 rings (SSSR count). The molecule has 5 nitrogen and oxygen atoms in total. The minimum atomic E-state index is -0.0919. The van der Waals surface area contributed by atoms with Gasteiger partial charge in [0.1, 0.15) is 0 Å². The Kier molecular flexibility index (Phi) is 9.21. The summed E-state index contributed by atoms with van der Waals surface area (Å²) in [5.74, 6) is 0.677. The largest absolute Gasteiger partial charge is 0.355 e. The summed E-state index contributed by atoms with van der Waals surface area (Å²) in [6, 6.07) is 7.67. The maximum atomic E-state index is 12.1. The van der Waals surface area contributed by atoms with Crippen LogP contribution >= 0.6 is 0 Å². The van der Waals surface area contributed by atoms with Crippen LogP contribution in [0.1, 0.15) is 56.0 Å². The monoisotopic (exact) mass is 347 g/mol. The molecule has 0 bridgehead atoms. The molecule has 0 heterocycles. The lowest BCUT2D eigenvalue weighted by atomic mass is 10.0. The summed E-state index contributed by atoms with van der Waals surface area (Å²) in [6.07, 6.45) is 3.37. The molecule has 0 unspecified atom stereocenters. The van der Waals surface area contributed by atoms with Crippen LogP contribution in [0.25, 0.3) is 0 Å². The van der Waals surface area contributed by atoms with Crippen molar-refractivity contribution < 1.29 is 9.59 Å². The van der Waals surface area contributed by atoms with Gasteiger partial charge in [0.2, 0.25) is 5.91 Å². The van der Waals surface area contributed by atoms with Crippen LogP contribution in [0.5, 0.6) is 0 Å². The topological polar surface area (TPSA) is 61.4 Å². The summed E-state index contributed by atoms with van der Waals surface area (Å²) in [5, 5.41) is 5.67. The highest BCUT2D eigenvalue weighted by Crippen LogP contribution is 2.09. The third-order valence-electron chi connectivity index (χ3n) is 4.14. The molecular formula is C20H33N3O2. The van der Waals surface area contributed by atoms with E-state index in [-0.39, 0.29) is 17.9 Å². The first-order chi connectivity index (χ1) is 11.8. The smallest absolute Gasteiger partial charge is 0.251 e. The van der Waals surface area contributed by atoms with Gasteiger partial charge in [-0.15, -0.1) is 0 Å². The number of amides is 2. The summed E-state index contributed by atoms with van der Waals surface area (Å²) in [4.78, 5) is 25.6. The molecule has 0 aliphatic carbocycles. The summed E-state index contributed by atoms with van der Waals surface area (Å²) in [6.45, 7) is 7.55. The molecule has 0 radical (unpaired) electrons. The first-order valence-electron chi connectivity index (χ1n) is 9.10. The average molecular weight is 348 g/mol. The van der Waals surface area contributed by atoms with Crippen molar-refractivity contribution in [2.45, 2.75) is 52.6 Å². The predicted octanol–water partition coefficient (Wildman–Crippen LogP) is 2.81. The van der Waals surface area contributed by atoms with Gasteiger partial charge in [-0.2, -0.15) is 0 Å². The second-order valence-corrected chi connectivity index (χ2v) is 7.24. The Hall–Kier alpha value is -1.88. The van der Waals surface area contributed by atoms with Gasteiger partial charge in [0, 0.05) is 25.2 Å². The number of nitrogens with one attached hydrogen (secondary N) is 2. The molecule has 5 heteroatoms. The second kappa shape index (κ2) is 10.9.